The molecule has 156 valence electrons. The lowest BCUT2D eigenvalue weighted by Crippen LogP contribution is -2.37. The van der Waals surface area contributed by atoms with E-state index < -0.39 is 41.5 Å². The van der Waals surface area contributed by atoms with Crippen molar-refractivity contribution in [1.29, 1.82) is 0 Å². The number of amides is 1. The Bertz CT molecular complexity index is 970. The van der Waals surface area contributed by atoms with Crippen LogP contribution in [0.2, 0.25) is 0 Å². The van der Waals surface area contributed by atoms with E-state index in [4.69, 9.17) is 0 Å². The molecular weight excluding hydrogens is 400 g/mol. The van der Waals surface area contributed by atoms with Gasteiger partial charge in [0.05, 0.1) is 24.0 Å². The third-order valence-electron chi connectivity index (χ3n) is 5.57. The van der Waals surface area contributed by atoms with Crippen LogP contribution in [-0.4, -0.2) is 26.9 Å². The molecule has 0 unspecified atom stereocenters. The van der Waals surface area contributed by atoms with Crippen LogP contribution >= 0.6 is 0 Å². The van der Waals surface area contributed by atoms with Crippen LogP contribution < -0.4 is 0 Å². The number of aromatic nitrogens is 2. The molecular formula is C19H17F6N3O. The molecule has 1 saturated heterocycles. The maximum Gasteiger partial charge on any atom is 0.449 e. The number of hydrogen-bond donors (Lipinski definition) is 0. The maximum atomic E-state index is 13.8. The van der Waals surface area contributed by atoms with Gasteiger partial charge in [0.25, 0.3) is 0 Å². The Kier molecular flexibility index (Phi) is 4.62. The van der Waals surface area contributed by atoms with E-state index in [9.17, 15) is 31.1 Å². The summed E-state index contributed by atoms with van der Waals surface area (Å²) in [6.45, 7) is 1.83. The third kappa shape index (κ3) is 3.38. The van der Waals surface area contributed by atoms with Crippen LogP contribution in [0.25, 0.3) is 0 Å². The molecule has 0 spiro atoms. The predicted molar refractivity (Wildman–Crippen MR) is 89.1 cm³/mol. The first-order valence-corrected chi connectivity index (χ1v) is 9.13. The van der Waals surface area contributed by atoms with Crippen LogP contribution in [0.3, 0.4) is 0 Å². The second-order valence-corrected chi connectivity index (χ2v) is 7.70. The highest BCUT2D eigenvalue weighted by atomic mass is 19.4. The SMILES string of the molecule is C[C@@H](CC(=O)N1C[C@@H]2C[C@H]1c1cnc(C(F)(F)F)n12)Cc1cc(F)c(F)cc1F. The minimum atomic E-state index is -4.55. The molecule has 2 aliphatic rings. The summed E-state index contributed by atoms with van der Waals surface area (Å²) in [6, 6.07) is 0.305. The Balaban J connectivity index is 1.44. The van der Waals surface area contributed by atoms with Crippen LogP contribution in [0.4, 0.5) is 26.3 Å². The number of hydrogen-bond acceptors (Lipinski definition) is 2. The maximum absolute atomic E-state index is 13.8. The van der Waals surface area contributed by atoms with Gasteiger partial charge in [-0.15, -0.1) is 0 Å². The summed E-state index contributed by atoms with van der Waals surface area (Å²) >= 11 is 0. The summed E-state index contributed by atoms with van der Waals surface area (Å²) in [5.41, 5.74) is 0.335. The van der Waals surface area contributed by atoms with E-state index >= 15 is 0 Å². The lowest BCUT2D eigenvalue weighted by Gasteiger charge is -2.29. The fraction of sp³-hybridized carbons (Fsp3) is 0.474. The molecule has 29 heavy (non-hydrogen) atoms. The van der Waals surface area contributed by atoms with Gasteiger partial charge in [-0.1, -0.05) is 6.92 Å². The van der Waals surface area contributed by atoms with Crippen molar-refractivity contribution in [1.82, 2.24) is 14.5 Å². The van der Waals surface area contributed by atoms with Crippen LogP contribution in [0.15, 0.2) is 18.3 Å². The fourth-order valence-electron chi connectivity index (χ4n) is 4.35. The zero-order chi connectivity index (χ0) is 21.1. The number of alkyl halides is 3. The first kappa shape index (κ1) is 19.8. The standard InChI is InChI=1S/C19H17F6N3O/c1-9(2-10-4-13(21)14(22)6-12(10)20)3-17(29)27-8-11-5-15(27)16-7-26-18(28(11)16)19(23,24)25/h4,6-7,9,11,15H,2-3,5,8H2,1H3/t9-,11+,15+/m1/s1. The van der Waals surface area contributed by atoms with E-state index in [1.165, 1.54) is 4.90 Å². The van der Waals surface area contributed by atoms with Crippen molar-refractivity contribution in [3.63, 3.8) is 0 Å². The first-order chi connectivity index (χ1) is 13.6. The molecule has 4 rings (SSSR count). The summed E-state index contributed by atoms with van der Waals surface area (Å²) in [6.07, 6.45) is -2.94. The molecule has 3 atom stereocenters. The van der Waals surface area contributed by atoms with Crippen LogP contribution in [0.5, 0.6) is 0 Å². The molecule has 2 aliphatic heterocycles. The minimum absolute atomic E-state index is 0.0158. The van der Waals surface area contributed by atoms with Gasteiger partial charge in [0.2, 0.25) is 11.7 Å². The van der Waals surface area contributed by atoms with Gasteiger partial charge in [-0.3, -0.25) is 4.79 Å². The average Bonchev–Trinajstić information content (AvgIpc) is 3.30. The summed E-state index contributed by atoms with van der Waals surface area (Å²) in [5.74, 6) is -4.91. The van der Waals surface area contributed by atoms with Crippen LogP contribution in [-0.2, 0) is 17.4 Å². The van der Waals surface area contributed by atoms with Gasteiger partial charge in [-0.2, -0.15) is 13.2 Å². The topological polar surface area (TPSA) is 38.1 Å². The van der Waals surface area contributed by atoms with E-state index in [2.05, 4.69) is 4.98 Å². The molecule has 2 aromatic rings. The van der Waals surface area contributed by atoms with E-state index in [1.54, 1.807) is 6.92 Å². The lowest BCUT2D eigenvalue weighted by atomic mass is 9.96. The monoisotopic (exact) mass is 417 g/mol. The molecule has 0 N–H and O–H groups in total. The molecule has 0 aliphatic carbocycles. The predicted octanol–water partition coefficient (Wildman–Crippen LogP) is 4.42. The Labute approximate surface area is 162 Å². The first-order valence-electron chi connectivity index (χ1n) is 9.13. The molecule has 10 heteroatoms. The third-order valence-corrected chi connectivity index (χ3v) is 5.57. The van der Waals surface area contributed by atoms with Gasteiger partial charge >= 0.3 is 6.18 Å². The lowest BCUT2D eigenvalue weighted by molar-refractivity contribution is -0.148. The van der Waals surface area contributed by atoms with E-state index in [1.807, 2.05) is 0 Å². The molecule has 4 nitrogen and oxygen atoms in total. The van der Waals surface area contributed by atoms with Gasteiger partial charge in [0, 0.05) is 19.0 Å². The molecule has 1 amide bonds. The number of imidazole rings is 1. The van der Waals surface area contributed by atoms with Crippen LogP contribution in [0.1, 0.15) is 48.9 Å². The summed E-state index contributed by atoms with van der Waals surface area (Å²) < 4.78 is 80.6. The number of rotatable bonds is 4. The van der Waals surface area contributed by atoms with E-state index in [0.717, 1.165) is 16.8 Å². The zero-order valence-corrected chi connectivity index (χ0v) is 15.3. The molecule has 1 aromatic carbocycles. The molecule has 0 saturated carbocycles. The minimum Gasteiger partial charge on any atom is -0.332 e. The number of nitrogens with zero attached hydrogens (tertiary/aromatic N) is 3. The Morgan fingerprint density at radius 2 is 1.90 bits per heavy atom. The van der Waals surface area contributed by atoms with Crippen molar-refractivity contribution in [3.8, 4) is 0 Å². The van der Waals surface area contributed by atoms with Gasteiger partial charge in [-0.25, -0.2) is 18.2 Å². The van der Waals surface area contributed by atoms with Gasteiger partial charge < -0.3 is 9.47 Å². The van der Waals surface area contributed by atoms with Gasteiger partial charge in [-0.05, 0) is 30.4 Å². The highest BCUT2D eigenvalue weighted by molar-refractivity contribution is 5.77. The molecule has 3 heterocycles. The second-order valence-electron chi connectivity index (χ2n) is 7.70. The summed E-state index contributed by atoms with van der Waals surface area (Å²) in [7, 11) is 0. The molecule has 0 radical (unpaired) electrons. The van der Waals surface area contributed by atoms with Crippen molar-refractivity contribution < 1.29 is 31.1 Å². The Morgan fingerprint density at radius 3 is 2.59 bits per heavy atom. The Morgan fingerprint density at radius 1 is 1.21 bits per heavy atom. The molecule has 1 aromatic heterocycles. The van der Waals surface area contributed by atoms with Gasteiger partial charge in [0.15, 0.2) is 11.6 Å². The van der Waals surface area contributed by atoms with Crippen molar-refractivity contribution >= 4 is 5.91 Å². The number of carbonyl (C=O) groups excluding carboxylic acids is 1. The number of halogens is 6. The normalized spacial score (nSPS) is 21.6. The zero-order valence-electron chi connectivity index (χ0n) is 15.3. The fourth-order valence-corrected chi connectivity index (χ4v) is 4.35. The number of fused-ring (bicyclic) bond motifs is 5. The average molecular weight is 417 g/mol. The molecule has 1 fully saturated rings. The smallest absolute Gasteiger partial charge is 0.332 e. The number of carbonyl (C=O) groups is 1. The summed E-state index contributed by atoms with van der Waals surface area (Å²) in [4.78, 5) is 17.7. The summed E-state index contributed by atoms with van der Waals surface area (Å²) in [5, 5.41) is 0. The highest BCUT2D eigenvalue weighted by Gasteiger charge is 2.50. The molecule has 2 bridgehead atoms. The van der Waals surface area contributed by atoms with E-state index in [0.29, 0.717) is 18.2 Å². The number of likely N-dealkylation sites (tertiary alicyclic amines) is 1. The largest absolute Gasteiger partial charge is 0.449 e. The Hall–Kier alpha value is -2.52. The number of benzene rings is 1. The van der Waals surface area contributed by atoms with E-state index in [-0.39, 0.29) is 36.8 Å². The van der Waals surface area contributed by atoms with Crippen LogP contribution in [0, 0.1) is 23.4 Å². The van der Waals surface area contributed by atoms with Gasteiger partial charge in [0.1, 0.15) is 5.82 Å². The second kappa shape index (κ2) is 6.77. The van der Waals surface area contributed by atoms with Crippen molar-refractivity contribution in [2.75, 3.05) is 6.54 Å². The van der Waals surface area contributed by atoms with Crippen molar-refractivity contribution in [2.24, 2.45) is 5.92 Å². The van der Waals surface area contributed by atoms with Crippen molar-refractivity contribution in [3.05, 3.63) is 52.9 Å². The quantitative estimate of drug-likeness (QED) is 0.546. The highest BCUT2D eigenvalue weighted by Crippen LogP contribution is 2.48. The van der Waals surface area contributed by atoms with Crippen molar-refractivity contribution in [2.45, 2.75) is 44.4 Å².